The van der Waals surface area contributed by atoms with E-state index in [1.54, 1.807) is 0 Å². The molecule has 4 aromatic carbocycles. The average Bonchev–Trinajstić information content (AvgIpc) is 3.43. The zero-order valence-electron chi connectivity index (χ0n) is 20.8. The Kier molecular flexibility index (Phi) is 6.55. The summed E-state index contributed by atoms with van der Waals surface area (Å²) in [5, 5.41) is 4.39. The van der Waals surface area contributed by atoms with Crippen LogP contribution in [0, 0.1) is 12.8 Å². The molecule has 0 saturated carbocycles. The Balaban J connectivity index is 1.14. The lowest BCUT2D eigenvalue weighted by molar-refractivity contribution is 0.306. The molecule has 1 aliphatic heterocycles. The highest BCUT2D eigenvalue weighted by atomic mass is 35.5. The zero-order chi connectivity index (χ0) is 25.2. The van der Waals surface area contributed by atoms with Crippen molar-refractivity contribution in [3.63, 3.8) is 0 Å². The van der Waals surface area contributed by atoms with Gasteiger partial charge >= 0.3 is 0 Å². The number of nitrogens with one attached hydrogen (secondary N) is 1. The minimum absolute atomic E-state index is 0.287. The van der Waals surface area contributed by atoms with Gasteiger partial charge in [0.15, 0.2) is 0 Å². The number of fused-ring (bicyclic) bond motifs is 3. The van der Waals surface area contributed by atoms with Crippen LogP contribution < -0.4 is 10.1 Å². The predicted octanol–water partition coefficient (Wildman–Crippen LogP) is 8.80. The van der Waals surface area contributed by atoms with Gasteiger partial charge in [-0.1, -0.05) is 83.9 Å². The topological polar surface area (TPSA) is 33.6 Å². The molecule has 2 aliphatic rings. The molecule has 3 atom stereocenters. The van der Waals surface area contributed by atoms with Crippen LogP contribution in [-0.4, -0.2) is 6.21 Å². The van der Waals surface area contributed by atoms with Crippen molar-refractivity contribution in [3.05, 3.63) is 136 Å². The van der Waals surface area contributed by atoms with E-state index in [2.05, 4.69) is 71.8 Å². The van der Waals surface area contributed by atoms with Gasteiger partial charge in [0.05, 0.1) is 16.8 Å². The second kappa shape index (κ2) is 10.3. The van der Waals surface area contributed by atoms with Crippen molar-refractivity contribution in [2.24, 2.45) is 10.9 Å². The van der Waals surface area contributed by atoms with Crippen LogP contribution in [0.3, 0.4) is 0 Å². The summed E-state index contributed by atoms with van der Waals surface area (Å²) in [7, 11) is 0. The Morgan fingerprint density at radius 2 is 1.81 bits per heavy atom. The molecule has 1 N–H and O–H groups in total. The summed E-state index contributed by atoms with van der Waals surface area (Å²) >= 11 is 6.47. The molecular weight excluding hydrogens is 476 g/mol. The van der Waals surface area contributed by atoms with Gasteiger partial charge in [0, 0.05) is 17.8 Å². The standard InChI is InChI=1S/C33H29ClN2O/c1-22-10-16-31-29(18-22)27-8-5-9-28(27)33(36-31)25-12-14-26(15-13-25)35-20-24-11-17-32(30(34)19-24)37-21-23-6-3-2-4-7-23/h2-8,10-20,27-28,33,36H,9,21H2,1H3/t27-,28+,33+/m1/s1. The molecule has 0 fully saturated rings. The Labute approximate surface area is 223 Å². The van der Waals surface area contributed by atoms with Crippen molar-refractivity contribution in [3.8, 4) is 5.75 Å². The van der Waals surface area contributed by atoms with Crippen LogP contribution in [0.15, 0.2) is 108 Å². The normalized spacial score (nSPS) is 19.9. The fourth-order valence-corrected chi connectivity index (χ4v) is 5.65. The van der Waals surface area contributed by atoms with Crippen molar-refractivity contribution < 1.29 is 4.74 Å². The maximum Gasteiger partial charge on any atom is 0.138 e. The molecule has 0 bridgehead atoms. The number of anilines is 1. The third-order valence-corrected chi connectivity index (χ3v) is 7.62. The molecule has 0 spiro atoms. The number of rotatable bonds is 6. The van der Waals surface area contributed by atoms with Crippen LogP contribution >= 0.6 is 11.6 Å². The van der Waals surface area contributed by atoms with Crippen LogP contribution in [-0.2, 0) is 6.61 Å². The van der Waals surface area contributed by atoms with Gasteiger partial charge in [-0.15, -0.1) is 0 Å². The van der Waals surface area contributed by atoms with E-state index in [1.165, 1.54) is 22.4 Å². The van der Waals surface area contributed by atoms with E-state index in [9.17, 15) is 0 Å². The molecule has 0 aromatic heterocycles. The number of benzene rings is 4. The van der Waals surface area contributed by atoms with Crippen LogP contribution in [0.4, 0.5) is 11.4 Å². The van der Waals surface area contributed by atoms with E-state index >= 15 is 0 Å². The minimum atomic E-state index is 0.287. The number of hydrogen-bond acceptors (Lipinski definition) is 3. The highest BCUT2D eigenvalue weighted by Gasteiger charge is 2.37. The largest absolute Gasteiger partial charge is 0.487 e. The van der Waals surface area contributed by atoms with E-state index in [-0.39, 0.29) is 6.04 Å². The third kappa shape index (κ3) is 5.05. The highest BCUT2D eigenvalue weighted by molar-refractivity contribution is 6.32. The van der Waals surface area contributed by atoms with E-state index in [4.69, 9.17) is 16.3 Å². The summed E-state index contributed by atoms with van der Waals surface area (Å²) < 4.78 is 5.88. The first-order chi connectivity index (χ1) is 18.1. The van der Waals surface area contributed by atoms with Gasteiger partial charge in [0.2, 0.25) is 0 Å². The fourth-order valence-electron chi connectivity index (χ4n) is 5.41. The minimum Gasteiger partial charge on any atom is -0.487 e. The van der Waals surface area contributed by atoms with Crippen LogP contribution in [0.2, 0.25) is 5.02 Å². The zero-order valence-corrected chi connectivity index (χ0v) is 21.5. The Hall–Kier alpha value is -3.82. The molecule has 3 nitrogen and oxygen atoms in total. The van der Waals surface area contributed by atoms with Gasteiger partial charge in [0.25, 0.3) is 0 Å². The SMILES string of the molecule is Cc1ccc2c(c1)[C@@H]1C=CC[C@@H]1[C@H](c1ccc(N=Cc3ccc(OCc4ccccc4)c(Cl)c3)cc1)N2. The van der Waals surface area contributed by atoms with Crippen LogP contribution in [0.1, 0.15) is 46.2 Å². The van der Waals surface area contributed by atoms with Gasteiger partial charge in [-0.2, -0.15) is 0 Å². The van der Waals surface area contributed by atoms with E-state index < -0.39 is 0 Å². The Morgan fingerprint density at radius 3 is 2.62 bits per heavy atom. The van der Waals surface area contributed by atoms with Crippen LogP contribution in [0.25, 0.3) is 0 Å². The first kappa shape index (κ1) is 23.6. The van der Waals surface area contributed by atoms with Crippen molar-refractivity contribution >= 4 is 29.2 Å². The fraction of sp³-hybridized carbons (Fsp3) is 0.182. The number of halogens is 1. The molecule has 0 radical (unpaired) electrons. The summed E-state index contributed by atoms with van der Waals surface area (Å²) in [6.07, 6.45) is 7.67. The quantitative estimate of drug-likeness (QED) is 0.210. The van der Waals surface area contributed by atoms with Crippen molar-refractivity contribution in [2.75, 3.05) is 5.32 Å². The molecule has 1 heterocycles. The van der Waals surface area contributed by atoms with Crippen molar-refractivity contribution in [1.82, 2.24) is 0 Å². The number of aliphatic imine (C=N–C) groups is 1. The number of hydrogen-bond donors (Lipinski definition) is 1. The lowest BCUT2D eigenvalue weighted by atomic mass is 9.76. The van der Waals surface area contributed by atoms with Crippen molar-refractivity contribution in [2.45, 2.75) is 31.9 Å². The maximum atomic E-state index is 6.47. The monoisotopic (exact) mass is 504 g/mol. The summed E-state index contributed by atoms with van der Waals surface area (Å²) in [6, 6.07) is 31.4. The number of ether oxygens (including phenoxy) is 1. The van der Waals surface area contributed by atoms with E-state index in [0.29, 0.717) is 29.2 Å². The molecule has 0 saturated heterocycles. The third-order valence-electron chi connectivity index (χ3n) is 7.33. The van der Waals surface area contributed by atoms with Crippen molar-refractivity contribution in [1.29, 1.82) is 0 Å². The molecule has 37 heavy (non-hydrogen) atoms. The van der Waals surface area contributed by atoms with Crippen LogP contribution in [0.5, 0.6) is 5.75 Å². The van der Waals surface area contributed by atoms with Gasteiger partial charge in [0.1, 0.15) is 12.4 Å². The van der Waals surface area contributed by atoms with Gasteiger partial charge in [-0.05, 0) is 77.9 Å². The lowest BCUT2D eigenvalue weighted by Crippen LogP contribution is -2.29. The summed E-state index contributed by atoms with van der Waals surface area (Å²) in [5.41, 5.74) is 8.24. The summed E-state index contributed by atoms with van der Waals surface area (Å²) in [6.45, 7) is 2.65. The van der Waals surface area contributed by atoms with Gasteiger partial charge in [-0.25, -0.2) is 0 Å². The summed E-state index contributed by atoms with van der Waals surface area (Å²) in [4.78, 5) is 4.68. The molecule has 6 rings (SSSR count). The first-order valence-electron chi connectivity index (χ1n) is 12.8. The number of aryl methyl sites for hydroxylation is 1. The highest BCUT2D eigenvalue weighted by Crippen LogP contribution is 2.50. The molecule has 4 aromatic rings. The molecule has 4 heteroatoms. The molecular formula is C33H29ClN2O. The first-order valence-corrected chi connectivity index (χ1v) is 13.2. The van der Waals surface area contributed by atoms with Gasteiger partial charge < -0.3 is 10.1 Å². The average molecular weight is 505 g/mol. The second-order valence-corrected chi connectivity index (χ2v) is 10.3. The molecule has 184 valence electrons. The Bertz CT molecular complexity index is 1460. The number of allylic oxidation sites excluding steroid dienone is 2. The maximum absolute atomic E-state index is 6.47. The molecule has 0 unspecified atom stereocenters. The predicted molar refractivity (Wildman–Crippen MR) is 153 cm³/mol. The van der Waals surface area contributed by atoms with E-state index in [1.807, 2.05) is 54.7 Å². The number of nitrogens with zero attached hydrogens (tertiary/aromatic N) is 1. The van der Waals surface area contributed by atoms with Gasteiger partial charge in [-0.3, -0.25) is 4.99 Å². The molecule has 1 aliphatic carbocycles. The van der Waals surface area contributed by atoms with E-state index in [0.717, 1.165) is 23.2 Å². The Morgan fingerprint density at radius 1 is 0.973 bits per heavy atom. The summed E-state index contributed by atoms with van der Waals surface area (Å²) in [5.74, 6) is 1.68. The second-order valence-electron chi connectivity index (χ2n) is 9.88. The smallest absolute Gasteiger partial charge is 0.138 e. The molecule has 0 amide bonds. The lowest BCUT2D eigenvalue weighted by Gasteiger charge is -2.37.